The first-order valence-electron chi connectivity index (χ1n) is 4.03. The second-order valence-electron chi connectivity index (χ2n) is 2.96. The van der Waals surface area contributed by atoms with Gasteiger partial charge in [0, 0.05) is 17.6 Å². The normalized spacial score (nSPS) is 10.1. The van der Waals surface area contributed by atoms with Crippen molar-refractivity contribution in [2.24, 2.45) is 0 Å². The Balaban J connectivity index is 2.89. The zero-order valence-corrected chi connectivity index (χ0v) is 8.15. The van der Waals surface area contributed by atoms with Crippen molar-refractivity contribution in [2.45, 2.75) is 0 Å². The van der Waals surface area contributed by atoms with Gasteiger partial charge in [-0.05, 0) is 6.07 Å². The van der Waals surface area contributed by atoms with Crippen molar-refractivity contribution in [1.29, 1.82) is 5.26 Å². The number of hydrogen-bond acceptors (Lipinski definition) is 4. The number of nitrogens with zero attached hydrogens (tertiary/aromatic N) is 2. The molecule has 0 fully saturated rings. The van der Waals surface area contributed by atoms with Crippen LogP contribution in [-0.4, -0.2) is 15.2 Å². The fourth-order valence-electron chi connectivity index (χ4n) is 1.26. The molecule has 0 aliphatic carbocycles. The third kappa shape index (κ3) is 1.43. The summed E-state index contributed by atoms with van der Waals surface area (Å²) in [4.78, 5) is 3.94. The molecule has 0 aliphatic rings. The Bertz CT molecular complexity index is 590. The Kier molecular flexibility index (Phi) is 2.10. The van der Waals surface area contributed by atoms with Gasteiger partial charge in [-0.2, -0.15) is 5.26 Å². The Morgan fingerprint density at radius 1 is 1.27 bits per heavy atom. The van der Waals surface area contributed by atoms with E-state index in [0.717, 1.165) is 0 Å². The number of pyridine rings is 1. The molecular weight excluding hydrogens is 216 g/mol. The number of phenols is 2. The van der Waals surface area contributed by atoms with Gasteiger partial charge in [0.25, 0.3) is 0 Å². The molecule has 74 valence electrons. The molecule has 2 rings (SSSR count). The maximum absolute atomic E-state index is 9.29. The maximum Gasteiger partial charge on any atom is 0.159 e. The Morgan fingerprint density at radius 3 is 2.60 bits per heavy atom. The van der Waals surface area contributed by atoms with Gasteiger partial charge in [0.15, 0.2) is 11.5 Å². The largest absolute Gasteiger partial charge is 0.504 e. The minimum Gasteiger partial charge on any atom is -0.504 e. The van der Waals surface area contributed by atoms with Gasteiger partial charge in [-0.25, -0.2) is 0 Å². The molecule has 0 saturated carbocycles. The van der Waals surface area contributed by atoms with Crippen LogP contribution in [-0.2, 0) is 0 Å². The molecule has 15 heavy (non-hydrogen) atoms. The van der Waals surface area contributed by atoms with E-state index in [1.54, 1.807) is 0 Å². The number of nitriles is 1. The van der Waals surface area contributed by atoms with Gasteiger partial charge in [-0.15, -0.1) is 0 Å². The lowest BCUT2D eigenvalue weighted by molar-refractivity contribution is 0.405. The van der Waals surface area contributed by atoms with Gasteiger partial charge in [-0.3, -0.25) is 4.98 Å². The number of aromatic hydroxyl groups is 2. The standard InChI is InChI=1S/C10H5ClN2O2/c11-10-5(3-12)4-13-7-2-9(15)8(14)1-6(7)10/h1-2,4,14-15H. The zero-order valence-electron chi connectivity index (χ0n) is 7.40. The summed E-state index contributed by atoms with van der Waals surface area (Å²) >= 11 is 5.91. The molecule has 1 heterocycles. The second-order valence-corrected chi connectivity index (χ2v) is 3.33. The average Bonchev–Trinajstić information content (AvgIpc) is 2.22. The Hall–Kier alpha value is -1.99. The van der Waals surface area contributed by atoms with Crippen molar-refractivity contribution in [1.82, 2.24) is 4.98 Å². The Morgan fingerprint density at radius 2 is 1.93 bits per heavy atom. The molecule has 5 heteroatoms. The minimum absolute atomic E-state index is 0.220. The summed E-state index contributed by atoms with van der Waals surface area (Å²) in [5.41, 5.74) is 0.656. The third-order valence-electron chi connectivity index (χ3n) is 2.02. The number of benzene rings is 1. The molecule has 1 aromatic heterocycles. The second kappa shape index (κ2) is 3.30. The first kappa shape index (κ1) is 9.56. The van der Waals surface area contributed by atoms with Gasteiger partial charge in [0.05, 0.1) is 16.1 Å². The van der Waals surface area contributed by atoms with E-state index in [0.29, 0.717) is 10.9 Å². The molecule has 2 aromatic rings. The predicted molar refractivity (Wildman–Crippen MR) is 54.8 cm³/mol. The first-order chi connectivity index (χ1) is 7.13. The SMILES string of the molecule is N#Cc1cnc2cc(O)c(O)cc2c1Cl. The van der Waals surface area contributed by atoms with E-state index < -0.39 is 0 Å². The molecule has 1 aromatic carbocycles. The quantitative estimate of drug-likeness (QED) is 0.667. The van der Waals surface area contributed by atoms with Gasteiger partial charge < -0.3 is 10.2 Å². The van der Waals surface area contributed by atoms with E-state index in [1.165, 1.54) is 18.3 Å². The lowest BCUT2D eigenvalue weighted by Gasteiger charge is -2.03. The van der Waals surface area contributed by atoms with Gasteiger partial charge in [-0.1, -0.05) is 11.6 Å². The fourth-order valence-corrected chi connectivity index (χ4v) is 1.50. The molecule has 0 bridgehead atoms. The number of aromatic nitrogens is 1. The van der Waals surface area contributed by atoms with Crippen molar-refractivity contribution in [3.8, 4) is 17.6 Å². The summed E-state index contributed by atoms with van der Waals surface area (Å²) in [7, 11) is 0. The molecule has 4 nitrogen and oxygen atoms in total. The molecule has 2 N–H and O–H groups in total. The van der Waals surface area contributed by atoms with Crippen LogP contribution < -0.4 is 0 Å². The lowest BCUT2D eigenvalue weighted by Crippen LogP contribution is -1.85. The number of rotatable bonds is 0. The van der Waals surface area contributed by atoms with Crippen LogP contribution in [0.2, 0.25) is 5.02 Å². The van der Waals surface area contributed by atoms with Crippen LogP contribution >= 0.6 is 11.6 Å². The van der Waals surface area contributed by atoms with Crippen LogP contribution in [0.3, 0.4) is 0 Å². The highest BCUT2D eigenvalue weighted by Crippen LogP contribution is 2.33. The van der Waals surface area contributed by atoms with Crippen LogP contribution in [0.1, 0.15) is 5.56 Å². The average molecular weight is 221 g/mol. The number of hydrogen-bond donors (Lipinski definition) is 2. The summed E-state index contributed by atoms with van der Waals surface area (Å²) in [6.45, 7) is 0. The van der Waals surface area contributed by atoms with E-state index >= 15 is 0 Å². The smallest absolute Gasteiger partial charge is 0.159 e. The molecule has 0 aliphatic heterocycles. The zero-order chi connectivity index (χ0) is 11.0. The number of halogens is 1. The summed E-state index contributed by atoms with van der Waals surface area (Å²) in [5, 5.41) is 27.9. The highest BCUT2D eigenvalue weighted by Gasteiger charge is 2.09. The first-order valence-corrected chi connectivity index (χ1v) is 4.41. The topological polar surface area (TPSA) is 77.1 Å². The van der Waals surface area contributed by atoms with E-state index in [-0.39, 0.29) is 22.1 Å². The highest BCUT2D eigenvalue weighted by molar-refractivity contribution is 6.36. The van der Waals surface area contributed by atoms with Crippen molar-refractivity contribution >= 4 is 22.5 Å². The fraction of sp³-hybridized carbons (Fsp3) is 0. The summed E-state index contributed by atoms with van der Waals surface area (Å²) in [6.07, 6.45) is 1.32. The minimum atomic E-state index is -0.290. The van der Waals surface area contributed by atoms with Crippen LogP contribution in [0, 0.1) is 11.3 Å². The highest BCUT2D eigenvalue weighted by atomic mass is 35.5. The van der Waals surface area contributed by atoms with Crippen molar-refractivity contribution < 1.29 is 10.2 Å². The summed E-state index contributed by atoms with van der Waals surface area (Å²) in [5.74, 6) is -0.558. The molecule has 0 spiro atoms. The molecule has 0 amide bonds. The molecule has 0 atom stereocenters. The number of fused-ring (bicyclic) bond motifs is 1. The predicted octanol–water partition coefficient (Wildman–Crippen LogP) is 2.17. The van der Waals surface area contributed by atoms with Crippen LogP contribution in [0.5, 0.6) is 11.5 Å². The summed E-state index contributed by atoms with van der Waals surface area (Å²) in [6, 6.07) is 4.45. The monoisotopic (exact) mass is 220 g/mol. The Labute approximate surface area is 90.0 Å². The number of phenolic OH excluding ortho intramolecular Hbond substituents is 2. The van der Waals surface area contributed by atoms with Crippen molar-refractivity contribution in [3.05, 3.63) is 28.9 Å². The molecule has 0 unspecified atom stereocenters. The van der Waals surface area contributed by atoms with Gasteiger partial charge in [0.1, 0.15) is 6.07 Å². The molecular formula is C10H5ClN2O2. The van der Waals surface area contributed by atoms with Gasteiger partial charge in [0.2, 0.25) is 0 Å². The van der Waals surface area contributed by atoms with Crippen LogP contribution in [0.15, 0.2) is 18.3 Å². The summed E-state index contributed by atoms with van der Waals surface area (Å²) < 4.78 is 0. The van der Waals surface area contributed by atoms with E-state index in [2.05, 4.69) is 4.98 Å². The van der Waals surface area contributed by atoms with E-state index in [1.807, 2.05) is 6.07 Å². The molecule has 0 radical (unpaired) electrons. The van der Waals surface area contributed by atoms with E-state index in [9.17, 15) is 10.2 Å². The van der Waals surface area contributed by atoms with Crippen molar-refractivity contribution in [2.75, 3.05) is 0 Å². The maximum atomic E-state index is 9.29. The molecule has 0 saturated heterocycles. The van der Waals surface area contributed by atoms with Crippen LogP contribution in [0.25, 0.3) is 10.9 Å². The van der Waals surface area contributed by atoms with E-state index in [4.69, 9.17) is 16.9 Å². The lowest BCUT2D eigenvalue weighted by atomic mass is 10.1. The third-order valence-corrected chi connectivity index (χ3v) is 2.43. The van der Waals surface area contributed by atoms with Crippen LogP contribution in [0.4, 0.5) is 0 Å². The van der Waals surface area contributed by atoms with Gasteiger partial charge >= 0.3 is 0 Å². The van der Waals surface area contributed by atoms with Crippen molar-refractivity contribution in [3.63, 3.8) is 0 Å².